The zero-order valence-electron chi connectivity index (χ0n) is 17.4. The largest absolute Gasteiger partial charge is 0.465 e. The van der Waals surface area contributed by atoms with E-state index in [1.54, 1.807) is 6.07 Å². The van der Waals surface area contributed by atoms with Crippen molar-refractivity contribution in [1.82, 2.24) is 15.3 Å². The Bertz CT molecular complexity index is 901. The van der Waals surface area contributed by atoms with Crippen molar-refractivity contribution in [3.8, 4) is 0 Å². The number of aromatic nitrogens is 2. The fraction of sp³-hybridized carbons (Fsp3) is 0.476. The molecule has 1 amide bonds. The Labute approximate surface area is 180 Å². The molecular weight excluding hydrogens is 408 g/mol. The number of benzene rings is 1. The van der Waals surface area contributed by atoms with Crippen LogP contribution in [-0.4, -0.2) is 60.8 Å². The van der Waals surface area contributed by atoms with Gasteiger partial charge in [0.15, 0.2) is 11.0 Å². The molecule has 8 nitrogen and oxygen atoms in total. The summed E-state index contributed by atoms with van der Waals surface area (Å²) < 4.78 is 10.7. The Hall–Kier alpha value is -2.58. The van der Waals surface area contributed by atoms with Gasteiger partial charge in [-0.1, -0.05) is 24.6 Å². The van der Waals surface area contributed by atoms with Crippen molar-refractivity contribution in [1.29, 1.82) is 0 Å². The summed E-state index contributed by atoms with van der Waals surface area (Å²) in [5, 5.41) is 3.35. The molecule has 1 aliphatic rings. The molecule has 0 spiro atoms. The van der Waals surface area contributed by atoms with E-state index >= 15 is 0 Å². The first-order chi connectivity index (χ1) is 14.5. The number of H-pyrrole nitrogens is 1. The van der Waals surface area contributed by atoms with Gasteiger partial charge in [0.05, 0.1) is 30.5 Å². The second kappa shape index (κ2) is 9.95. The molecule has 1 aliphatic heterocycles. The molecular formula is C21H27ClN4O4. The number of carbonyl (C=O) groups is 2. The quantitative estimate of drug-likeness (QED) is 0.650. The zero-order chi connectivity index (χ0) is 21.7. The number of aromatic amines is 1. The molecule has 0 saturated carbocycles. The van der Waals surface area contributed by atoms with Gasteiger partial charge < -0.3 is 24.7 Å². The molecule has 2 atom stereocenters. The van der Waals surface area contributed by atoms with Gasteiger partial charge in [-0.05, 0) is 38.0 Å². The summed E-state index contributed by atoms with van der Waals surface area (Å²) in [5.74, 6) is -0.461. The smallest absolute Gasteiger partial charge is 0.337 e. The fourth-order valence-corrected chi connectivity index (χ4v) is 3.88. The van der Waals surface area contributed by atoms with Crippen LogP contribution in [0.15, 0.2) is 24.3 Å². The number of aryl methyl sites for hydroxylation is 1. The van der Waals surface area contributed by atoms with E-state index in [0.29, 0.717) is 43.3 Å². The van der Waals surface area contributed by atoms with E-state index in [9.17, 15) is 9.59 Å². The molecule has 0 unspecified atom stereocenters. The van der Waals surface area contributed by atoms with Crippen LogP contribution in [0.5, 0.6) is 0 Å². The summed E-state index contributed by atoms with van der Waals surface area (Å²) in [7, 11) is 1.37. The van der Waals surface area contributed by atoms with E-state index in [1.807, 2.05) is 32.0 Å². The minimum Gasteiger partial charge on any atom is -0.465 e. The van der Waals surface area contributed by atoms with Crippen molar-refractivity contribution in [3.63, 3.8) is 0 Å². The van der Waals surface area contributed by atoms with Crippen LogP contribution in [0.3, 0.4) is 0 Å². The van der Waals surface area contributed by atoms with Gasteiger partial charge in [-0.2, -0.15) is 0 Å². The van der Waals surface area contributed by atoms with Crippen molar-refractivity contribution in [2.45, 2.75) is 38.8 Å². The van der Waals surface area contributed by atoms with Crippen LogP contribution >= 0.6 is 11.6 Å². The highest BCUT2D eigenvalue weighted by molar-refractivity contribution is 6.30. The highest BCUT2D eigenvalue weighted by atomic mass is 35.5. The molecule has 30 heavy (non-hydrogen) atoms. The third-order valence-corrected chi connectivity index (χ3v) is 5.50. The topological polar surface area (TPSA) is 96.6 Å². The maximum atomic E-state index is 12.7. The third kappa shape index (κ3) is 4.94. The van der Waals surface area contributed by atoms with E-state index in [0.717, 1.165) is 11.4 Å². The number of nitrogens with zero attached hydrogens (tertiary/aromatic N) is 2. The summed E-state index contributed by atoms with van der Waals surface area (Å²) in [5.41, 5.74) is 2.15. The molecule has 0 bridgehead atoms. The number of anilines is 1. The molecule has 2 N–H and O–H groups in total. The van der Waals surface area contributed by atoms with Gasteiger partial charge in [0.25, 0.3) is 5.91 Å². The lowest BCUT2D eigenvalue weighted by Crippen LogP contribution is -2.55. The third-order valence-electron chi connectivity index (χ3n) is 5.19. The number of carbonyl (C=O) groups excluding carboxylic acids is 2. The van der Waals surface area contributed by atoms with Crippen molar-refractivity contribution < 1.29 is 19.1 Å². The van der Waals surface area contributed by atoms with Crippen molar-refractivity contribution >= 4 is 29.2 Å². The van der Waals surface area contributed by atoms with Crippen molar-refractivity contribution in [3.05, 3.63) is 46.5 Å². The highest BCUT2D eigenvalue weighted by Gasteiger charge is 2.32. The fourth-order valence-electron chi connectivity index (χ4n) is 3.61. The number of hydrogen-bond acceptors (Lipinski definition) is 6. The zero-order valence-corrected chi connectivity index (χ0v) is 18.2. The summed E-state index contributed by atoms with van der Waals surface area (Å²) >= 11 is 6.06. The van der Waals surface area contributed by atoms with Gasteiger partial charge in [-0.25, -0.2) is 9.78 Å². The predicted molar refractivity (Wildman–Crippen MR) is 114 cm³/mol. The van der Waals surface area contributed by atoms with Crippen LogP contribution in [0, 0.1) is 0 Å². The van der Waals surface area contributed by atoms with Gasteiger partial charge in [0, 0.05) is 25.4 Å². The van der Waals surface area contributed by atoms with Gasteiger partial charge in [0.2, 0.25) is 0 Å². The summed E-state index contributed by atoms with van der Waals surface area (Å²) in [6.45, 7) is 5.69. The van der Waals surface area contributed by atoms with Gasteiger partial charge in [-0.3, -0.25) is 4.79 Å². The molecule has 1 aromatic heterocycles. The van der Waals surface area contributed by atoms with Crippen LogP contribution in [0.1, 0.15) is 46.9 Å². The van der Waals surface area contributed by atoms with Crippen LogP contribution in [0.4, 0.5) is 5.69 Å². The number of imidazole rings is 1. The molecule has 9 heteroatoms. The lowest BCUT2D eigenvalue weighted by molar-refractivity contribution is 0.0271. The Morgan fingerprint density at radius 2 is 2.17 bits per heavy atom. The lowest BCUT2D eigenvalue weighted by Gasteiger charge is -2.39. The average molecular weight is 435 g/mol. The van der Waals surface area contributed by atoms with Crippen molar-refractivity contribution in [2.75, 3.05) is 31.7 Å². The van der Waals surface area contributed by atoms with Gasteiger partial charge in [-0.15, -0.1) is 0 Å². The Balaban J connectivity index is 1.70. The number of nitrogens with one attached hydrogen (secondary N) is 2. The Morgan fingerprint density at radius 3 is 2.83 bits per heavy atom. The molecule has 1 fully saturated rings. The molecule has 1 aromatic carbocycles. The number of rotatable bonds is 7. The minimum atomic E-state index is -0.371. The lowest BCUT2D eigenvalue weighted by atomic mass is 10.00. The number of halogens is 1. The molecule has 0 aliphatic carbocycles. The van der Waals surface area contributed by atoms with Crippen LogP contribution in [0.25, 0.3) is 0 Å². The number of methoxy groups -OCH3 is 1. The molecule has 2 heterocycles. The van der Waals surface area contributed by atoms with E-state index in [4.69, 9.17) is 21.1 Å². The second-order valence-electron chi connectivity index (χ2n) is 7.06. The first kappa shape index (κ1) is 22.1. The minimum absolute atomic E-state index is 0.161. The maximum absolute atomic E-state index is 12.7. The maximum Gasteiger partial charge on any atom is 0.337 e. The number of piperidine rings is 1. The number of hydrogen-bond donors (Lipinski definition) is 2. The molecule has 1 saturated heterocycles. The standard InChI is InChI=1S/C21H27ClN4O4/c1-4-15-18(22)25-19(23-15)20(27)24-16-9-10-26(12-17(16)30-5-2)14-8-6-7-13(11-14)21(28)29-3/h6-8,11,16-17H,4-5,9-10,12H2,1-3H3,(H,23,25)(H,24,27)/t16-,17+/m1/s1. The first-order valence-corrected chi connectivity index (χ1v) is 10.4. The van der Waals surface area contributed by atoms with Crippen LogP contribution in [-0.2, 0) is 15.9 Å². The molecule has 3 rings (SSSR count). The number of amides is 1. The summed E-state index contributed by atoms with van der Waals surface area (Å²) in [6.07, 6.45) is 1.16. The molecule has 162 valence electrons. The highest BCUT2D eigenvalue weighted by Crippen LogP contribution is 2.24. The molecule has 0 radical (unpaired) electrons. The number of ether oxygens (including phenoxy) is 2. The predicted octanol–water partition coefficient (Wildman–Crippen LogP) is 2.83. The van der Waals surface area contributed by atoms with Gasteiger partial charge in [0.1, 0.15) is 0 Å². The van der Waals surface area contributed by atoms with E-state index in [1.165, 1.54) is 7.11 Å². The van der Waals surface area contributed by atoms with Crippen LogP contribution < -0.4 is 10.2 Å². The Kier molecular flexibility index (Phi) is 7.33. The van der Waals surface area contributed by atoms with E-state index in [2.05, 4.69) is 20.2 Å². The first-order valence-electron chi connectivity index (χ1n) is 10.1. The SMILES string of the molecule is CCO[C@H]1CN(c2cccc(C(=O)OC)c2)CC[C@H]1NC(=O)c1nc(Cl)c(CC)[nH]1. The van der Waals surface area contributed by atoms with Gasteiger partial charge >= 0.3 is 5.97 Å². The summed E-state index contributed by atoms with van der Waals surface area (Å²) in [6, 6.07) is 7.15. The number of esters is 1. The summed E-state index contributed by atoms with van der Waals surface area (Å²) in [4.78, 5) is 33.7. The second-order valence-corrected chi connectivity index (χ2v) is 7.42. The average Bonchev–Trinajstić information content (AvgIpc) is 3.15. The normalized spacial score (nSPS) is 18.9. The monoisotopic (exact) mass is 434 g/mol. The van der Waals surface area contributed by atoms with Crippen molar-refractivity contribution in [2.24, 2.45) is 0 Å². The Morgan fingerprint density at radius 1 is 1.37 bits per heavy atom. The van der Waals surface area contributed by atoms with E-state index in [-0.39, 0.29) is 29.8 Å². The van der Waals surface area contributed by atoms with E-state index < -0.39 is 0 Å². The van der Waals surface area contributed by atoms with Crippen LogP contribution in [0.2, 0.25) is 5.15 Å². The molecule has 2 aromatic rings.